The lowest BCUT2D eigenvalue weighted by Gasteiger charge is -2.22. The molecule has 0 saturated heterocycles. The molecule has 0 bridgehead atoms. The third-order valence-corrected chi connectivity index (χ3v) is 1.75. The zero-order chi connectivity index (χ0) is 8.15. The lowest BCUT2D eigenvalue weighted by Crippen LogP contribution is -2.31. The molecule has 0 saturated carbocycles. The van der Waals surface area contributed by atoms with Crippen LogP contribution in [0.1, 0.15) is 13.8 Å². The first-order valence-electron chi connectivity index (χ1n) is 3.53. The summed E-state index contributed by atoms with van der Waals surface area (Å²) in [6.07, 6.45) is -0.787. The van der Waals surface area contributed by atoms with Crippen LogP contribution in [-0.2, 0) is 0 Å². The van der Waals surface area contributed by atoms with Gasteiger partial charge in [0.2, 0.25) is 0 Å². The smallest absolute Gasteiger partial charge is 0.0823 e. The number of aliphatic hydroxyl groups excluding tert-OH is 3. The van der Waals surface area contributed by atoms with Crippen LogP contribution >= 0.6 is 0 Å². The van der Waals surface area contributed by atoms with E-state index in [2.05, 4.69) is 0 Å². The predicted octanol–water partition coefficient (Wildman–Crippen LogP) is -0.396. The van der Waals surface area contributed by atoms with Crippen molar-refractivity contribution in [1.29, 1.82) is 0 Å². The summed E-state index contributed by atoms with van der Waals surface area (Å²) in [5, 5.41) is 26.3. The minimum absolute atomic E-state index is 0.0700. The van der Waals surface area contributed by atoms with Gasteiger partial charge < -0.3 is 15.3 Å². The molecule has 0 fully saturated rings. The lowest BCUT2D eigenvalue weighted by atomic mass is 9.91. The zero-order valence-corrected chi connectivity index (χ0v) is 6.49. The van der Waals surface area contributed by atoms with Crippen LogP contribution in [0.5, 0.6) is 0 Å². The molecular formula is C7H16O3. The molecule has 10 heavy (non-hydrogen) atoms. The van der Waals surface area contributed by atoms with E-state index in [1.54, 1.807) is 0 Å². The van der Waals surface area contributed by atoms with Gasteiger partial charge in [-0.2, -0.15) is 0 Å². The number of hydrogen-bond acceptors (Lipinski definition) is 3. The molecule has 0 heterocycles. The highest BCUT2D eigenvalue weighted by Gasteiger charge is 2.20. The van der Waals surface area contributed by atoms with Crippen molar-refractivity contribution in [3.63, 3.8) is 0 Å². The second-order valence-corrected chi connectivity index (χ2v) is 2.84. The molecule has 3 N–H and O–H groups in total. The van der Waals surface area contributed by atoms with Crippen LogP contribution in [0.3, 0.4) is 0 Å². The summed E-state index contributed by atoms with van der Waals surface area (Å²) in [5.41, 5.74) is 0. The first-order chi connectivity index (χ1) is 4.63. The summed E-state index contributed by atoms with van der Waals surface area (Å²) >= 11 is 0. The maximum Gasteiger partial charge on any atom is 0.0823 e. The van der Waals surface area contributed by atoms with Crippen molar-refractivity contribution in [1.82, 2.24) is 0 Å². The zero-order valence-electron chi connectivity index (χ0n) is 6.49. The quantitative estimate of drug-likeness (QED) is 0.508. The molecule has 3 nitrogen and oxygen atoms in total. The van der Waals surface area contributed by atoms with Gasteiger partial charge in [0.25, 0.3) is 0 Å². The molecule has 0 aromatic rings. The van der Waals surface area contributed by atoms with Crippen molar-refractivity contribution in [3.8, 4) is 0 Å². The van der Waals surface area contributed by atoms with Gasteiger partial charge in [0, 0.05) is 12.5 Å². The molecule has 3 heteroatoms. The first kappa shape index (κ1) is 9.88. The average Bonchev–Trinajstić information content (AvgIpc) is 1.88. The van der Waals surface area contributed by atoms with Gasteiger partial charge in [0.15, 0.2) is 0 Å². The largest absolute Gasteiger partial charge is 0.396 e. The highest BCUT2D eigenvalue weighted by Crippen LogP contribution is 2.13. The van der Waals surface area contributed by atoms with E-state index in [9.17, 15) is 0 Å². The molecule has 0 unspecified atom stereocenters. The summed E-state index contributed by atoms with van der Waals surface area (Å²) in [5.74, 6) is -0.00264. The molecule has 0 aliphatic carbocycles. The Balaban J connectivity index is 3.80. The maximum absolute atomic E-state index is 9.08. The molecule has 0 aromatic carbocycles. The van der Waals surface area contributed by atoms with Crippen LogP contribution in [0.25, 0.3) is 0 Å². The van der Waals surface area contributed by atoms with Crippen molar-refractivity contribution in [2.45, 2.75) is 20.0 Å². The molecule has 0 aromatic heterocycles. The molecule has 2 atom stereocenters. The number of rotatable bonds is 4. The topological polar surface area (TPSA) is 60.7 Å². The molecular weight excluding hydrogens is 132 g/mol. The lowest BCUT2D eigenvalue weighted by molar-refractivity contribution is 0.00345. The Hall–Kier alpha value is -0.120. The van der Waals surface area contributed by atoms with Crippen molar-refractivity contribution < 1.29 is 15.3 Å². The number of aliphatic hydroxyl groups is 3. The molecule has 0 aliphatic rings. The Bertz CT molecular complexity index is 82.9. The Morgan fingerprint density at radius 1 is 1.10 bits per heavy atom. The second kappa shape index (κ2) is 4.66. The Kier molecular flexibility index (Phi) is 4.60. The minimum atomic E-state index is -0.787. The van der Waals surface area contributed by atoms with E-state index in [0.717, 1.165) is 0 Å². The van der Waals surface area contributed by atoms with E-state index in [0.29, 0.717) is 0 Å². The summed E-state index contributed by atoms with van der Waals surface area (Å²) < 4.78 is 0. The fourth-order valence-corrected chi connectivity index (χ4v) is 0.912. The van der Waals surface area contributed by atoms with Gasteiger partial charge in [0.1, 0.15) is 0 Å². The van der Waals surface area contributed by atoms with Crippen LogP contribution in [-0.4, -0.2) is 34.6 Å². The van der Waals surface area contributed by atoms with E-state index in [4.69, 9.17) is 15.3 Å². The van der Waals surface area contributed by atoms with Gasteiger partial charge in [0.05, 0.1) is 12.7 Å². The Morgan fingerprint density at radius 3 is 1.70 bits per heavy atom. The van der Waals surface area contributed by atoms with E-state index in [1.165, 1.54) is 0 Å². The van der Waals surface area contributed by atoms with Crippen LogP contribution in [0.4, 0.5) is 0 Å². The van der Waals surface area contributed by atoms with Crippen molar-refractivity contribution in [2.24, 2.45) is 11.8 Å². The van der Waals surface area contributed by atoms with Gasteiger partial charge in [-0.05, 0) is 5.92 Å². The molecule has 0 radical (unpaired) electrons. The monoisotopic (exact) mass is 148 g/mol. The SMILES string of the molecule is CC(C)[C@@H](CO)[C@H](O)CO. The highest BCUT2D eigenvalue weighted by molar-refractivity contribution is 4.69. The Labute approximate surface area is 61.3 Å². The van der Waals surface area contributed by atoms with E-state index >= 15 is 0 Å². The normalized spacial score (nSPS) is 17.4. The van der Waals surface area contributed by atoms with Crippen LogP contribution in [0, 0.1) is 11.8 Å². The van der Waals surface area contributed by atoms with Crippen molar-refractivity contribution in [2.75, 3.05) is 13.2 Å². The fraction of sp³-hybridized carbons (Fsp3) is 1.00. The third-order valence-electron chi connectivity index (χ3n) is 1.75. The highest BCUT2D eigenvalue weighted by atomic mass is 16.3. The van der Waals surface area contributed by atoms with Crippen LogP contribution in [0.2, 0.25) is 0 Å². The molecule has 0 aliphatic heterocycles. The molecule has 62 valence electrons. The van der Waals surface area contributed by atoms with Crippen LogP contribution < -0.4 is 0 Å². The summed E-state index contributed by atoms with van der Waals surface area (Å²) in [6, 6.07) is 0. The fourth-order valence-electron chi connectivity index (χ4n) is 0.912. The van der Waals surface area contributed by atoms with E-state index < -0.39 is 6.10 Å². The Morgan fingerprint density at radius 2 is 1.60 bits per heavy atom. The molecule has 0 amide bonds. The van der Waals surface area contributed by atoms with Crippen molar-refractivity contribution in [3.05, 3.63) is 0 Å². The predicted molar refractivity (Wildman–Crippen MR) is 38.5 cm³/mol. The standard InChI is InChI=1S/C7H16O3/c1-5(2)6(3-8)7(10)4-9/h5-10H,3-4H2,1-2H3/t6-,7-/m1/s1. The van der Waals surface area contributed by atoms with Crippen LogP contribution in [0.15, 0.2) is 0 Å². The average molecular weight is 148 g/mol. The van der Waals surface area contributed by atoms with Gasteiger partial charge in [-0.25, -0.2) is 0 Å². The van der Waals surface area contributed by atoms with E-state index in [1.807, 2.05) is 13.8 Å². The second-order valence-electron chi connectivity index (χ2n) is 2.84. The molecule has 0 spiro atoms. The first-order valence-corrected chi connectivity index (χ1v) is 3.53. The van der Waals surface area contributed by atoms with Gasteiger partial charge in [-0.3, -0.25) is 0 Å². The third kappa shape index (κ3) is 2.64. The summed E-state index contributed by atoms with van der Waals surface area (Å²) in [6.45, 7) is 3.46. The van der Waals surface area contributed by atoms with Gasteiger partial charge in [-0.1, -0.05) is 13.8 Å². The minimum Gasteiger partial charge on any atom is -0.396 e. The maximum atomic E-state index is 9.08. The summed E-state index contributed by atoms with van der Waals surface area (Å²) in [4.78, 5) is 0. The van der Waals surface area contributed by atoms with Gasteiger partial charge >= 0.3 is 0 Å². The summed E-state index contributed by atoms with van der Waals surface area (Å²) in [7, 11) is 0. The molecule has 0 rings (SSSR count). The number of hydrogen-bond donors (Lipinski definition) is 3. The van der Waals surface area contributed by atoms with Gasteiger partial charge in [-0.15, -0.1) is 0 Å². The van der Waals surface area contributed by atoms with Crippen molar-refractivity contribution >= 4 is 0 Å². The van der Waals surface area contributed by atoms with E-state index in [-0.39, 0.29) is 25.0 Å².